The lowest BCUT2D eigenvalue weighted by molar-refractivity contribution is -1.01. The minimum atomic E-state index is 0.00272. The van der Waals surface area contributed by atoms with Crippen LogP contribution in [0.25, 0.3) is 0 Å². The maximum Gasteiger partial charge on any atom is 0.230 e. The summed E-state index contributed by atoms with van der Waals surface area (Å²) in [6.07, 6.45) is 0.490. The third-order valence-electron chi connectivity index (χ3n) is 4.47. The molecule has 1 fully saturated rings. The average molecular weight is 339 g/mol. The highest BCUT2D eigenvalue weighted by Gasteiger charge is 2.22. The molecule has 0 saturated carbocycles. The van der Waals surface area contributed by atoms with Crippen LogP contribution in [-0.4, -0.2) is 71.1 Å². The molecule has 1 aromatic carbocycles. The zero-order chi connectivity index (χ0) is 17.4. The van der Waals surface area contributed by atoms with E-state index in [1.165, 1.54) is 9.80 Å². The molecule has 134 valence electrons. The van der Waals surface area contributed by atoms with Crippen LogP contribution in [0.15, 0.2) is 18.2 Å². The number of rotatable bonds is 8. The van der Waals surface area contributed by atoms with Gasteiger partial charge in [0.05, 0.1) is 33.8 Å². The number of hydrogen-bond donors (Lipinski definition) is 4. The summed E-state index contributed by atoms with van der Waals surface area (Å²) in [5.41, 5.74) is 0.684. The molecule has 1 aliphatic rings. The van der Waals surface area contributed by atoms with Crippen molar-refractivity contribution in [2.75, 3.05) is 65.4 Å². The number of benzene rings is 1. The summed E-state index contributed by atoms with van der Waals surface area (Å²) in [4.78, 5) is 15.1. The second-order valence-electron chi connectivity index (χ2n) is 6.12. The predicted octanol–water partition coefficient (Wildman–Crippen LogP) is -2.19. The lowest BCUT2D eigenvalue weighted by Gasteiger charge is -2.29. The van der Waals surface area contributed by atoms with E-state index in [-0.39, 0.29) is 12.5 Å². The van der Waals surface area contributed by atoms with Crippen molar-refractivity contribution in [3.63, 3.8) is 0 Å². The van der Waals surface area contributed by atoms with Crippen LogP contribution in [0.5, 0.6) is 11.5 Å². The molecule has 0 bridgehead atoms. The Hall–Kier alpha value is -1.83. The van der Waals surface area contributed by atoms with E-state index in [0.29, 0.717) is 23.6 Å². The Labute approximate surface area is 143 Å². The molecule has 0 aliphatic carbocycles. The van der Waals surface area contributed by atoms with Gasteiger partial charge in [0, 0.05) is 23.9 Å². The number of piperazine rings is 1. The molecule has 0 aromatic heterocycles. The van der Waals surface area contributed by atoms with Gasteiger partial charge < -0.3 is 29.7 Å². The number of carbonyl (C=O) groups is 1. The van der Waals surface area contributed by atoms with E-state index < -0.39 is 0 Å². The van der Waals surface area contributed by atoms with Crippen LogP contribution in [-0.2, 0) is 4.79 Å². The topological polar surface area (TPSA) is 76.7 Å². The molecule has 1 aliphatic heterocycles. The van der Waals surface area contributed by atoms with Gasteiger partial charge in [0.15, 0.2) is 0 Å². The zero-order valence-electron chi connectivity index (χ0n) is 14.6. The van der Waals surface area contributed by atoms with Gasteiger partial charge in [-0.25, -0.2) is 0 Å². The highest BCUT2D eigenvalue weighted by atomic mass is 16.5. The third kappa shape index (κ3) is 5.67. The van der Waals surface area contributed by atoms with Gasteiger partial charge in [0.25, 0.3) is 0 Å². The van der Waals surface area contributed by atoms with Crippen LogP contribution in [0, 0.1) is 0 Å². The fourth-order valence-corrected chi connectivity index (χ4v) is 3.01. The Bertz CT molecular complexity index is 508. The Kier molecular flexibility index (Phi) is 7.30. The van der Waals surface area contributed by atoms with Crippen molar-refractivity contribution in [3.8, 4) is 11.5 Å². The summed E-state index contributed by atoms with van der Waals surface area (Å²) in [5.74, 6) is 1.31. The highest BCUT2D eigenvalue weighted by molar-refractivity contribution is 5.91. The standard InChI is InChI=1S/C17H27N3O4/c1-23-15-11-14(12-16(13-15)24-2)18-17(22)3-4-19-5-7-20(8-6-19)9-10-21/h11-13,21H,3-10H2,1-2H3,(H,18,22)/p+2. The van der Waals surface area contributed by atoms with Crippen LogP contribution >= 0.6 is 0 Å². The number of anilines is 1. The second kappa shape index (κ2) is 9.46. The van der Waals surface area contributed by atoms with E-state index in [1.807, 2.05) is 0 Å². The summed E-state index contributed by atoms with van der Waals surface area (Å²) in [6.45, 7) is 6.13. The first-order valence-electron chi connectivity index (χ1n) is 8.45. The normalized spacial score (nSPS) is 20.5. The lowest BCUT2D eigenvalue weighted by Crippen LogP contribution is -3.28. The van der Waals surface area contributed by atoms with Gasteiger partial charge >= 0.3 is 0 Å². The number of hydrogen-bond acceptors (Lipinski definition) is 4. The summed E-state index contributed by atoms with van der Waals surface area (Å²) in [6, 6.07) is 5.34. The van der Waals surface area contributed by atoms with Crippen LogP contribution in [0.2, 0.25) is 0 Å². The molecule has 1 saturated heterocycles. The number of amides is 1. The zero-order valence-corrected chi connectivity index (χ0v) is 14.6. The van der Waals surface area contributed by atoms with Gasteiger partial charge in [-0.15, -0.1) is 0 Å². The summed E-state index contributed by atoms with van der Waals surface area (Å²) in [5, 5.41) is 11.9. The quantitative estimate of drug-likeness (QED) is 0.434. The molecule has 7 heteroatoms. The summed E-state index contributed by atoms with van der Waals surface area (Å²) < 4.78 is 10.4. The Morgan fingerprint density at radius 2 is 1.58 bits per heavy atom. The molecule has 1 heterocycles. The number of ether oxygens (including phenoxy) is 2. The van der Waals surface area contributed by atoms with Gasteiger partial charge in [-0.2, -0.15) is 0 Å². The van der Waals surface area contributed by atoms with Crippen molar-refractivity contribution in [2.24, 2.45) is 0 Å². The monoisotopic (exact) mass is 339 g/mol. The van der Waals surface area contributed by atoms with Gasteiger partial charge in [-0.05, 0) is 0 Å². The molecule has 1 aromatic rings. The SMILES string of the molecule is COc1cc(NC(=O)CC[NH+]2CC[NH+](CCO)CC2)cc(OC)c1. The molecule has 24 heavy (non-hydrogen) atoms. The van der Waals surface area contributed by atoms with Crippen molar-refractivity contribution >= 4 is 11.6 Å². The Morgan fingerprint density at radius 3 is 2.08 bits per heavy atom. The van der Waals surface area contributed by atoms with Crippen molar-refractivity contribution in [2.45, 2.75) is 6.42 Å². The Morgan fingerprint density at radius 1 is 1.04 bits per heavy atom. The number of carbonyl (C=O) groups excluding carboxylic acids is 1. The van der Waals surface area contributed by atoms with E-state index in [9.17, 15) is 4.79 Å². The van der Waals surface area contributed by atoms with Crippen molar-refractivity contribution in [1.29, 1.82) is 0 Å². The minimum Gasteiger partial charge on any atom is -0.497 e. The largest absolute Gasteiger partial charge is 0.497 e. The fourth-order valence-electron chi connectivity index (χ4n) is 3.01. The van der Waals surface area contributed by atoms with E-state index in [0.717, 1.165) is 39.3 Å². The fraction of sp³-hybridized carbons (Fsp3) is 0.588. The number of nitrogens with one attached hydrogen (secondary N) is 3. The molecule has 0 atom stereocenters. The molecule has 0 unspecified atom stereocenters. The smallest absolute Gasteiger partial charge is 0.230 e. The first-order valence-corrected chi connectivity index (χ1v) is 8.45. The molecule has 0 spiro atoms. The van der Waals surface area contributed by atoms with Crippen LogP contribution in [0.1, 0.15) is 6.42 Å². The number of methoxy groups -OCH3 is 2. The molecular formula is C17H29N3O4+2. The predicted molar refractivity (Wildman–Crippen MR) is 91.0 cm³/mol. The van der Waals surface area contributed by atoms with Crippen LogP contribution < -0.4 is 24.6 Å². The van der Waals surface area contributed by atoms with E-state index in [4.69, 9.17) is 14.6 Å². The molecule has 1 amide bonds. The van der Waals surface area contributed by atoms with Crippen LogP contribution in [0.3, 0.4) is 0 Å². The van der Waals surface area contributed by atoms with Crippen LogP contribution in [0.4, 0.5) is 5.69 Å². The highest BCUT2D eigenvalue weighted by Crippen LogP contribution is 2.25. The van der Waals surface area contributed by atoms with Crippen molar-refractivity contribution < 1.29 is 29.2 Å². The van der Waals surface area contributed by atoms with E-state index >= 15 is 0 Å². The second-order valence-corrected chi connectivity index (χ2v) is 6.12. The molecule has 0 radical (unpaired) electrons. The van der Waals surface area contributed by atoms with Gasteiger partial charge in [0.1, 0.15) is 44.2 Å². The number of aliphatic hydroxyl groups excluding tert-OH is 1. The number of quaternary nitrogens is 2. The average Bonchev–Trinajstić information content (AvgIpc) is 2.61. The van der Waals surface area contributed by atoms with E-state index in [1.54, 1.807) is 32.4 Å². The van der Waals surface area contributed by atoms with Gasteiger partial charge in [0.2, 0.25) is 5.91 Å². The summed E-state index contributed by atoms with van der Waals surface area (Å²) in [7, 11) is 3.17. The minimum absolute atomic E-state index is 0.00272. The van der Waals surface area contributed by atoms with Crippen molar-refractivity contribution in [1.82, 2.24) is 0 Å². The third-order valence-corrected chi connectivity index (χ3v) is 4.47. The first-order chi connectivity index (χ1) is 11.6. The Balaban J connectivity index is 1.77. The first kappa shape index (κ1) is 18.5. The molecule has 7 nitrogen and oxygen atoms in total. The molecule has 2 rings (SSSR count). The van der Waals surface area contributed by atoms with E-state index in [2.05, 4.69) is 5.32 Å². The van der Waals surface area contributed by atoms with Crippen molar-refractivity contribution in [3.05, 3.63) is 18.2 Å². The maximum absolute atomic E-state index is 12.2. The van der Waals surface area contributed by atoms with Gasteiger partial charge in [-0.3, -0.25) is 4.79 Å². The lowest BCUT2D eigenvalue weighted by atomic mass is 10.2. The molecular weight excluding hydrogens is 310 g/mol. The maximum atomic E-state index is 12.2. The molecule has 4 N–H and O–H groups in total. The summed E-state index contributed by atoms with van der Waals surface area (Å²) >= 11 is 0. The van der Waals surface area contributed by atoms with Gasteiger partial charge in [-0.1, -0.05) is 0 Å². The number of aliphatic hydroxyl groups is 1.